The van der Waals surface area contributed by atoms with Gasteiger partial charge in [0.05, 0.1) is 28.8 Å². The van der Waals surface area contributed by atoms with Crippen molar-refractivity contribution in [3.63, 3.8) is 0 Å². The lowest BCUT2D eigenvalue weighted by molar-refractivity contribution is -0.134. The number of rotatable bonds is 5. The number of piperidine rings is 1. The lowest BCUT2D eigenvalue weighted by Gasteiger charge is -2.35. The molecule has 0 saturated carbocycles. The number of benzene rings is 1. The molecule has 8 heteroatoms. The summed E-state index contributed by atoms with van der Waals surface area (Å²) in [6, 6.07) is 5.13. The Balaban J connectivity index is 1.41. The van der Waals surface area contributed by atoms with Gasteiger partial charge < -0.3 is 10.2 Å². The summed E-state index contributed by atoms with van der Waals surface area (Å²) in [6.45, 7) is 5.66. The second-order valence-corrected chi connectivity index (χ2v) is 7.95. The molecule has 2 heterocycles. The number of hydrogen-bond acceptors (Lipinski definition) is 4. The summed E-state index contributed by atoms with van der Waals surface area (Å²) in [5.74, 6) is 0.0945. The van der Waals surface area contributed by atoms with E-state index in [1.54, 1.807) is 18.2 Å². The van der Waals surface area contributed by atoms with Crippen LogP contribution in [0.4, 0.5) is 5.69 Å². The van der Waals surface area contributed by atoms with Gasteiger partial charge in [-0.3, -0.25) is 19.4 Å². The van der Waals surface area contributed by atoms with Crippen molar-refractivity contribution in [2.24, 2.45) is 0 Å². The van der Waals surface area contributed by atoms with Gasteiger partial charge in [-0.1, -0.05) is 29.3 Å². The van der Waals surface area contributed by atoms with Gasteiger partial charge in [-0.05, 0) is 31.4 Å². The molecule has 3 rings (SSSR count). The van der Waals surface area contributed by atoms with Crippen molar-refractivity contribution in [1.29, 1.82) is 0 Å². The average molecular weight is 413 g/mol. The van der Waals surface area contributed by atoms with Crippen LogP contribution in [0.15, 0.2) is 18.2 Å². The quantitative estimate of drug-likeness (QED) is 0.807. The van der Waals surface area contributed by atoms with Crippen LogP contribution in [-0.4, -0.2) is 78.9 Å². The SMILES string of the molecule is O=C(CN1CCN(CC(=O)N2CCCCC2)CC1)Nc1c(Cl)cccc1Cl. The van der Waals surface area contributed by atoms with Crippen molar-refractivity contribution >= 4 is 40.7 Å². The van der Waals surface area contributed by atoms with Crippen LogP contribution in [-0.2, 0) is 9.59 Å². The zero-order chi connectivity index (χ0) is 19.2. The van der Waals surface area contributed by atoms with Crippen molar-refractivity contribution in [3.8, 4) is 0 Å². The maximum absolute atomic E-state index is 12.4. The molecule has 0 radical (unpaired) electrons. The summed E-state index contributed by atoms with van der Waals surface area (Å²) in [7, 11) is 0. The van der Waals surface area contributed by atoms with E-state index in [4.69, 9.17) is 23.2 Å². The highest BCUT2D eigenvalue weighted by Crippen LogP contribution is 2.29. The molecule has 0 atom stereocenters. The van der Waals surface area contributed by atoms with E-state index in [-0.39, 0.29) is 18.4 Å². The monoisotopic (exact) mass is 412 g/mol. The van der Waals surface area contributed by atoms with Crippen molar-refractivity contribution in [1.82, 2.24) is 14.7 Å². The Labute approximate surface area is 170 Å². The van der Waals surface area contributed by atoms with Crippen molar-refractivity contribution in [2.45, 2.75) is 19.3 Å². The van der Waals surface area contributed by atoms with E-state index < -0.39 is 0 Å². The largest absolute Gasteiger partial charge is 0.342 e. The van der Waals surface area contributed by atoms with Crippen LogP contribution in [0.5, 0.6) is 0 Å². The van der Waals surface area contributed by atoms with Crippen molar-refractivity contribution in [2.75, 3.05) is 57.7 Å². The number of amides is 2. The highest BCUT2D eigenvalue weighted by Gasteiger charge is 2.23. The third-order valence-electron chi connectivity index (χ3n) is 5.13. The zero-order valence-corrected chi connectivity index (χ0v) is 16.9. The number of hydrogen-bond donors (Lipinski definition) is 1. The predicted octanol–water partition coefficient (Wildman–Crippen LogP) is 2.56. The molecule has 0 aliphatic carbocycles. The summed E-state index contributed by atoms with van der Waals surface area (Å²) < 4.78 is 0. The van der Waals surface area contributed by atoms with E-state index in [2.05, 4.69) is 15.1 Å². The molecule has 0 unspecified atom stereocenters. The van der Waals surface area contributed by atoms with Crippen LogP contribution in [0, 0.1) is 0 Å². The lowest BCUT2D eigenvalue weighted by atomic mass is 10.1. The molecule has 2 fully saturated rings. The van der Waals surface area contributed by atoms with Gasteiger partial charge in [-0.2, -0.15) is 0 Å². The first kappa shape index (κ1) is 20.4. The Kier molecular flexibility index (Phi) is 7.35. The summed E-state index contributed by atoms with van der Waals surface area (Å²) in [5.41, 5.74) is 0.455. The topological polar surface area (TPSA) is 55.9 Å². The van der Waals surface area contributed by atoms with Crippen LogP contribution >= 0.6 is 23.2 Å². The molecule has 2 amide bonds. The van der Waals surface area contributed by atoms with Crippen LogP contribution < -0.4 is 5.32 Å². The second-order valence-electron chi connectivity index (χ2n) is 7.14. The Bertz CT molecular complexity index is 651. The van der Waals surface area contributed by atoms with Crippen LogP contribution in [0.3, 0.4) is 0 Å². The minimum Gasteiger partial charge on any atom is -0.342 e. The number of anilines is 1. The van der Waals surface area contributed by atoms with Gasteiger partial charge in [-0.15, -0.1) is 0 Å². The standard InChI is InChI=1S/C19H26Cl2N4O2/c20-15-5-4-6-16(21)19(15)22-17(26)13-23-9-11-24(12-10-23)14-18(27)25-7-2-1-3-8-25/h4-6H,1-3,7-14H2,(H,22,26). The molecule has 0 bridgehead atoms. The van der Waals surface area contributed by atoms with Crippen LogP contribution in [0.25, 0.3) is 0 Å². The van der Waals surface area contributed by atoms with E-state index in [1.165, 1.54) is 6.42 Å². The number of nitrogens with zero attached hydrogens (tertiary/aromatic N) is 3. The Morgan fingerprint density at radius 2 is 1.41 bits per heavy atom. The summed E-state index contributed by atoms with van der Waals surface area (Å²) in [6.07, 6.45) is 3.46. The highest BCUT2D eigenvalue weighted by atomic mass is 35.5. The van der Waals surface area contributed by atoms with Gasteiger partial charge in [0.1, 0.15) is 0 Å². The first-order valence-corrected chi connectivity index (χ1v) is 10.2. The molecule has 27 heavy (non-hydrogen) atoms. The van der Waals surface area contributed by atoms with Gasteiger partial charge in [0.2, 0.25) is 11.8 Å². The molecule has 2 saturated heterocycles. The molecular weight excluding hydrogens is 387 g/mol. The number of piperazine rings is 1. The second kappa shape index (κ2) is 9.73. The number of nitrogens with one attached hydrogen (secondary N) is 1. The number of carbonyl (C=O) groups excluding carboxylic acids is 2. The highest BCUT2D eigenvalue weighted by molar-refractivity contribution is 6.39. The smallest absolute Gasteiger partial charge is 0.238 e. The van der Waals surface area contributed by atoms with Crippen molar-refractivity contribution in [3.05, 3.63) is 28.2 Å². The number of carbonyl (C=O) groups is 2. The Morgan fingerprint density at radius 1 is 0.852 bits per heavy atom. The Morgan fingerprint density at radius 3 is 2.00 bits per heavy atom. The molecule has 2 aliphatic rings. The fourth-order valence-electron chi connectivity index (χ4n) is 3.54. The molecule has 1 N–H and O–H groups in total. The lowest BCUT2D eigenvalue weighted by Crippen LogP contribution is -2.51. The fourth-order valence-corrected chi connectivity index (χ4v) is 4.03. The van der Waals surface area contributed by atoms with E-state index in [9.17, 15) is 9.59 Å². The van der Waals surface area contributed by atoms with Crippen LogP contribution in [0.1, 0.15) is 19.3 Å². The first-order chi connectivity index (χ1) is 13.0. The maximum Gasteiger partial charge on any atom is 0.238 e. The molecule has 1 aromatic rings. The van der Waals surface area contributed by atoms with Crippen molar-refractivity contribution < 1.29 is 9.59 Å². The van der Waals surface area contributed by atoms with Gasteiger partial charge in [0, 0.05) is 39.3 Å². The van der Waals surface area contributed by atoms with Gasteiger partial charge in [0.15, 0.2) is 0 Å². The van der Waals surface area contributed by atoms with E-state index >= 15 is 0 Å². The molecule has 0 aromatic heterocycles. The molecule has 1 aromatic carbocycles. The third-order valence-corrected chi connectivity index (χ3v) is 5.76. The average Bonchev–Trinajstić information content (AvgIpc) is 2.67. The molecule has 2 aliphatic heterocycles. The maximum atomic E-state index is 12.4. The third kappa shape index (κ3) is 5.82. The zero-order valence-electron chi connectivity index (χ0n) is 15.4. The summed E-state index contributed by atoms with van der Waals surface area (Å²) >= 11 is 12.2. The minimum absolute atomic E-state index is 0.136. The summed E-state index contributed by atoms with van der Waals surface area (Å²) in [4.78, 5) is 30.9. The predicted molar refractivity (Wildman–Crippen MR) is 108 cm³/mol. The molecule has 148 valence electrons. The normalized spacial score (nSPS) is 19.1. The summed E-state index contributed by atoms with van der Waals surface area (Å²) in [5, 5.41) is 3.65. The fraction of sp³-hybridized carbons (Fsp3) is 0.579. The van der Waals surface area contributed by atoms with E-state index in [1.807, 2.05) is 4.90 Å². The first-order valence-electron chi connectivity index (χ1n) is 9.49. The Hall–Kier alpha value is -1.34. The number of halogens is 2. The van der Waals surface area contributed by atoms with Gasteiger partial charge in [0.25, 0.3) is 0 Å². The van der Waals surface area contributed by atoms with Gasteiger partial charge >= 0.3 is 0 Å². The van der Waals surface area contributed by atoms with Crippen LogP contribution in [0.2, 0.25) is 10.0 Å². The minimum atomic E-state index is -0.136. The van der Waals surface area contributed by atoms with Gasteiger partial charge in [-0.25, -0.2) is 0 Å². The number of likely N-dealkylation sites (tertiary alicyclic amines) is 1. The number of para-hydroxylation sites is 1. The molecule has 0 spiro atoms. The molecular formula is C19H26Cl2N4O2. The van der Waals surface area contributed by atoms with E-state index in [0.29, 0.717) is 22.3 Å². The van der Waals surface area contributed by atoms with E-state index in [0.717, 1.165) is 52.1 Å². The molecule has 6 nitrogen and oxygen atoms in total.